The van der Waals surface area contributed by atoms with Gasteiger partial charge in [-0.2, -0.15) is 0 Å². The maximum atomic E-state index is 12.8. The van der Waals surface area contributed by atoms with Gasteiger partial charge in [0.25, 0.3) is 5.91 Å². The lowest BCUT2D eigenvalue weighted by atomic mass is 9.91. The monoisotopic (exact) mass is 354 g/mol. The highest BCUT2D eigenvalue weighted by molar-refractivity contribution is 6.07. The van der Waals surface area contributed by atoms with Crippen LogP contribution in [0.3, 0.4) is 0 Å². The zero-order valence-electron chi connectivity index (χ0n) is 14.8. The predicted molar refractivity (Wildman–Crippen MR) is 96.7 cm³/mol. The lowest BCUT2D eigenvalue weighted by Crippen LogP contribution is -2.42. The first-order valence-corrected chi connectivity index (χ1v) is 8.47. The van der Waals surface area contributed by atoms with Crippen LogP contribution in [0.5, 0.6) is 5.75 Å². The number of nitrogens with zero attached hydrogens (tertiary/aromatic N) is 1. The van der Waals surface area contributed by atoms with Crippen LogP contribution >= 0.6 is 0 Å². The highest BCUT2D eigenvalue weighted by Gasteiger charge is 2.49. The lowest BCUT2D eigenvalue weighted by Gasteiger charge is -2.23. The second-order valence-electron chi connectivity index (χ2n) is 6.61. The average molecular weight is 354 g/mol. The number of hydrogen-bond donors (Lipinski definition) is 2. The van der Waals surface area contributed by atoms with Gasteiger partial charge in [0.15, 0.2) is 0 Å². The molecule has 136 valence electrons. The summed E-state index contributed by atoms with van der Waals surface area (Å²) in [4.78, 5) is 26.2. The Balaban J connectivity index is 1.66. The Morgan fingerprint density at radius 2 is 1.77 bits per heavy atom. The van der Waals surface area contributed by atoms with Crippen LogP contribution in [0.4, 0.5) is 4.79 Å². The average Bonchev–Trinajstić information content (AvgIpc) is 2.85. The van der Waals surface area contributed by atoms with Gasteiger partial charge < -0.3 is 15.2 Å². The van der Waals surface area contributed by atoms with E-state index in [4.69, 9.17) is 4.74 Å². The van der Waals surface area contributed by atoms with E-state index in [-0.39, 0.29) is 19.1 Å². The number of carbonyl (C=O) groups excluding carboxylic acids is 2. The Morgan fingerprint density at radius 3 is 2.42 bits per heavy atom. The summed E-state index contributed by atoms with van der Waals surface area (Å²) in [6.07, 6.45) is -0.981. The molecule has 2 aromatic rings. The molecule has 0 radical (unpaired) electrons. The molecule has 2 aromatic carbocycles. The maximum absolute atomic E-state index is 12.8. The molecule has 2 atom stereocenters. The first kappa shape index (κ1) is 17.9. The van der Waals surface area contributed by atoms with Crippen molar-refractivity contribution in [2.45, 2.75) is 25.5 Å². The van der Waals surface area contributed by atoms with Gasteiger partial charge in [0.05, 0.1) is 6.54 Å². The Labute approximate surface area is 152 Å². The minimum Gasteiger partial charge on any atom is -0.491 e. The van der Waals surface area contributed by atoms with Gasteiger partial charge in [-0.3, -0.25) is 9.69 Å². The summed E-state index contributed by atoms with van der Waals surface area (Å²) >= 11 is 0. The number of imide groups is 1. The SMILES string of the molecule is Cc1ccc([C@]2(C)NC(=O)N(C[C@H](O)COc3ccccc3)C2=O)cc1. The summed E-state index contributed by atoms with van der Waals surface area (Å²) < 4.78 is 5.48. The molecule has 3 amide bonds. The topological polar surface area (TPSA) is 78.9 Å². The zero-order valence-corrected chi connectivity index (χ0v) is 14.8. The van der Waals surface area contributed by atoms with Crippen molar-refractivity contribution in [1.29, 1.82) is 0 Å². The van der Waals surface area contributed by atoms with Crippen molar-refractivity contribution in [2.75, 3.05) is 13.2 Å². The minimum absolute atomic E-state index is 0.0116. The summed E-state index contributed by atoms with van der Waals surface area (Å²) in [6.45, 7) is 3.49. The van der Waals surface area contributed by atoms with Crippen molar-refractivity contribution in [1.82, 2.24) is 10.2 Å². The number of aliphatic hydroxyl groups excluding tert-OH is 1. The van der Waals surface area contributed by atoms with Gasteiger partial charge in [-0.15, -0.1) is 0 Å². The largest absolute Gasteiger partial charge is 0.491 e. The van der Waals surface area contributed by atoms with Crippen molar-refractivity contribution in [3.63, 3.8) is 0 Å². The van der Waals surface area contributed by atoms with Crippen LogP contribution in [0.1, 0.15) is 18.1 Å². The molecule has 1 fully saturated rings. The van der Waals surface area contributed by atoms with E-state index in [2.05, 4.69) is 5.32 Å². The van der Waals surface area contributed by atoms with E-state index in [1.54, 1.807) is 19.1 Å². The maximum Gasteiger partial charge on any atom is 0.325 e. The highest BCUT2D eigenvalue weighted by Crippen LogP contribution is 2.29. The van der Waals surface area contributed by atoms with Crippen LogP contribution in [0.25, 0.3) is 0 Å². The Morgan fingerprint density at radius 1 is 1.12 bits per heavy atom. The van der Waals surface area contributed by atoms with Crippen molar-refractivity contribution in [3.8, 4) is 5.75 Å². The quantitative estimate of drug-likeness (QED) is 0.780. The molecular formula is C20H22N2O4. The molecule has 0 spiro atoms. The van der Waals surface area contributed by atoms with Crippen LogP contribution in [-0.2, 0) is 10.3 Å². The number of benzene rings is 2. The summed E-state index contributed by atoms with van der Waals surface area (Å²) in [5.41, 5.74) is 0.642. The fourth-order valence-corrected chi connectivity index (χ4v) is 2.92. The third kappa shape index (κ3) is 3.55. The van der Waals surface area contributed by atoms with Gasteiger partial charge in [-0.05, 0) is 31.5 Å². The molecule has 6 nitrogen and oxygen atoms in total. The second kappa shape index (κ2) is 7.17. The van der Waals surface area contributed by atoms with Crippen molar-refractivity contribution in [3.05, 3.63) is 65.7 Å². The number of nitrogens with one attached hydrogen (secondary N) is 1. The number of urea groups is 1. The smallest absolute Gasteiger partial charge is 0.325 e. The molecule has 0 aromatic heterocycles. The standard InChI is InChI=1S/C20H22N2O4/c1-14-8-10-15(11-9-14)20(2)18(24)22(19(25)21-20)12-16(23)13-26-17-6-4-3-5-7-17/h3-11,16,23H,12-13H2,1-2H3,(H,21,25)/t16-,20-/m0/s1. The van der Waals surface area contributed by atoms with Gasteiger partial charge in [0.1, 0.15) is 24.0 Å². The molecule has 6 heteroatoms. The van der Waals surface area contributed by atoms with Gasteiger partial charge in [0.2, 0.25) is 0 Å². The molecule has 1 saturated heterocycles. The number of ether oxygens (including phenoxy) is 1. The Bertz CT molecular complexity index is 791. The molecular weight excluding hydrogens is 332 g/mol. The molecule has 0 bridgehead atoms. The molecule has 0 saturated carbocycles. The summed E-state index contributed by atoms with van der Waals surface area (Å²) in [6, 6.07) is 16.0. The third-order valence-corrected chi connectivity index (χ3v) is 4.48. The van der Waals surface area contributed by atoms with E-state index in [1.165, 1.54) is 0 Å². The fraction of sp³-hybridized carbons (Fsp3) is 0.300. The summed E-state index contributed by atoms with van der Waals surface area (Å²) in [5.74, 6) is 0.235. The van der Waals surface area contributed by atoms with E-state index >= 15 is 0 Å². The molecule has 1 heterocycles. The van der Waals surface area contributed by atoms with Crippen molar-refractivity contribution in [2.24, 2.45) is 0 Å². The van der Waals surface area contributed by atoms with Crippen molar-refractivity contribution < 1.29 is 19.4 Å². The van der Waals surface area contributed by atoms with E-state index in [0.29, 0.717) is 11.3 Å². The normalized spacial score (nSPS) is 20.8. The highest BCUT2D eigenvalue weighted by atomic mass is 16.5. The van der Waals surface area contributed by atoms with Crippen LogP contribution in [0, 0.1) is 6.92 Å². The van der Waals surface area contributed by atoms with Crippen molar-refractivity contribution >= 4 is 11.9 Å². The molecule has 0 unspecified atom stereocenters. The number of para-hydroxylation sites is 1. The summed E-state index contributed by atoms with van der Waals surface area (Å²) in [7, 11) is 0. The predicted octanol–water partition coefficient (Wildman–Crippen LogP) is 2.20. The number of rotatable bonds is 6. The van der Waals surface area contributed by atoms with E-state index in [9.17, 15) is 14.7 Å². The fourth-order valence-electron chi connectivity index (χ4n) is 2.92. The van der Waals surface area contributed by atoms with Gasteiger partial charge in [-0.25, -0.2) is 4.79 Å². The van der Waals surface area contributed by atoms with Crippen LogP contribution in [0.15, 0.2) is 54.6 Å². The van der Waals surface area contributed by atoms with E-state index in [0.717, 1.165) is 10.5 Å². The van der Waals surface area contributed by atoms with E-state index in [1.807, 2.05) is 49.4 Å². The third-order valence-electron chi connectivity index (χ3n) is 4.48. The van der Waals surface area contributed by atoms with Gasteiger partial charge >= 0.3 is 6.03 Å². The molecule has 2 N–H and O–H groups in total. The lowest BCUT2D eigenvalue weighted by molar-refractivity contribution is -0.132. The molecule has 26 heavy (non-hydrogen) atoms. The number of β-amino-alcohol motifs (C(OH)–C–C–N with tert-alkyl or cyclic N) is 1. The summed E-state index contributed by atoms with van der Waals surface area (Å²) in [5, 5.41) is 12.9. The molecule has 1 aliphatic rings. The Kier molecular flexibility index (Phi) is 4.95. The number of carbonyl (C=O) groups is 2. The molecule has 3 rings (SSSR count). The first-order chi connectivity index (χ1) is 12.4. The van der Waals surface area contributed by atoms with Gasteiger partial charge in [-0.1, -0.05) is 48.0 Å². The molecule has 0 aliphatic carbocycles. The van der Waals surface area contributed by atoms with E-state index < -0.39 is 17.7 Å². The Hall–Kier alpha value is -2.86. The second-order valence-corrected chi connectivity index (χ2v) is 6.61. The number of aliphatic hydroxyl groups is 1. The van der Waals surface area contributed by atoms with Crippen LogP contribution < -0.4 is 10.1 Å². The zero-order chi connectivity index (χ0) is 18.7. The number of hydrogen-bond acceptors (Lipinski definition) is 4. The van der Waals surface area contributed by atoms with Gasteiger partial charge in [0, 0.05) is 0 Å². The number of amides is 3. The van der Waals surface area contributed by atoms with Crippen LogP contribution in [0.2, 0.25) is 0 Å². The van der Waals surface area contributed by atoms with Crippen LogP contribution in [-0.4, -0.2) is 41.2 Å². The first-order valence-electron chi connectivity index (χ1n) is 8.47. The number of aryl methyl sites for hydroxylation is 1. The molecule has 1 aliphatic heterocycles. The minimum atomic E-state index is -1.13.